The molecule has 0 aliphatic carbocycles. The van der Waals surface area contributed by atoms with Crippen molar-refractivity contribution in [1.29, 1.82) is 0 Å². The average Bonchev–Trinajstić information content (AvgIpc) is 2.32. The fourth-order valence-electron chi connectivity index (χ4n) is 1.49. The minimum atomic E-state index is 0.197. The number of benzene rings is 1. The van der Waals surface area contributed by atoms with Crippen molar-refractivity contribution in [3.05, 3.63) is 41.4 Å². The van der Waals surface area contributed by atoms with Crippen molar-refractivity contribution >= 4 is 11.6 Å². The number of nitrogens with two attached hydrogens (primary N) is 1. The Bertz CT molecular complexity index is 355. The number of hydrogen-bond donors (Lipinski definition) is 2. The van der Waals surface area contributed by atoms with Gasteiger partial charge in [0.2, 0.25) is 0 Å². The average molecular weight is 257 g/mol. The highest BCUT2D eigenvalue weighted by Gasteiger charge is 2.03. The molecule has 0 bridgehead atoms. The molecule has 17 heavy (non-hydrogen) atoms. The Kier molecular flexibility index (Phi) is 6.70. The lowest BCUT2D eigenvalue weighted by Crippen LogP contribution is -2.86. The fraction of sp³-hybridized carbons (Fsp3) is 0.385. The molecule has 0 saturated heterocycles. The Morgan fingerprint density at radius 2 is 2.24 bits per heavy atom. The van der Waals surface area contributed by atoms with Crippen molar-refractivity contribution in [2.45, 2.75) is 6.42 Å². The highest BCUT2D eigenvalue weighted by atomic mass is 35.5. The molecule has 1 aromatic rings. The zero-order valence-corrected chi connectivity index (χ0v) is 10.6. The van der Waals surface area contributed by atoms with Gasteiger partial charge in [0.25, 0.3) is 0 Å². The molecule has 0 aliphatic rings. The topological polar surface area (TPSA) is 46.1 Å². The van der Waals surface area contributed by atoms with Crippen molar-refractivity contribution in [3.8, 4) is 5.75 Å². The van der Waals surface area contributed by atoms with Crippen LogP contribution in [0.2, 0.25) is 5.02 Å². The van der Waals surface area contributed by atoms with Crippen LogP contribution >= 0.6 is 11.6 Å². The smallest absolute Gasteiger partial charge is 0.137 e. The molecule has 0 unspecified atom stereocenters. The monoisotopic (exact) mass is 256 g/mol. The molecule has 0 saturated carbocycles. The first-order valence-electron chi connectivity index (χ1n) is 5.72. The van der Waals surface area contributed by atoms with Crippen molar-refractivity contribution in [3.63, 3.8) is 0 Å². The zero-order chi connectivity index (χ0) is 12.5. The van der Waals surface area contributed by atoms with Crippen LogP contribution in [0.5, 0.6) is 5.75 Å². The number of aliphatic hydroxyl groups excluding tert-OH is 1. The van der Waals surface area contributed by atoms with Gasteiger partial charge in [0.1, 0.15) is 18.9 Å². The second-order valence-electron chi connectivity index (χ2n) is 3.68. The minimum Gasteiger partial charge on any atom is -0.487 e. The molecule has 0 atom stereocenters. The molecular weight excluding hydrogens is 238 g/mol. The number of halogens is 1. The summed E-state index contributed by atoms with van der Waals surface area (Å²) in [6.45, 7) is 6.07. The van der Waals surface area contributed by atoms with E-state index in [0.29, 0.717) is 18.2 Å². The van der Waals surface area contributed by atoms with Crippen LogP contribution in [0.25, 0.3) is 0 Å². The SMILES string of the molecule is C=CCc1cc(Cl)ccc1OCC[NH2+]CCO. The number of quaternary nitrogens is 1. The summed E-state index contributed by atoms with van der Waals surface area (Å²) in [5, 5.41) is 11.4. The van der Waals surface area contributed by atoms with E-state index < -0.39 is 0 Å². The summed E-state index contributed by atoms with van der Waals surface area (Å²) in [5.41, 5.74) is 1.05. The summed E-state index contributed by atoms with van der Waals surface area (Å²) in [6.07, 6.45) is 2.58. The van der Waals surface area contributed by atoms with E-state index in [1.165, 1.54) is 0 Å². The maximum atomic E-state index is 8.63. The second kappa shape index (κ2) is 8.12. The summed E-state index contributed by atoms with van der Waals surface area (Å²) >= 11 is 5.93. The van der Waals surface area contributed by atoms with Gasteiger partial charge in [-0.2, -0.15) is 0 Å². The number of allylic oxidation sites excluding steroid dienone is 1. The summed E-state index contributed by atoms with van der Waals surface area (Å²) in [4.78, 5) is 0. The van der Waals surface area contributed by atoms with E-state index >= 15 is 0 Å². The van der Waals surface area contributed by atoms with Crippen molar-refractivity contribution in [1.82, 2.24) is 0 Å². The van der Waals surface area contributed by atoms with Gasteiger partial charge >= 0.3 is 0 Å². The van der Waals surface area contributed by atoms with Crippen molar-refractivity contribution < 1.29 is 15.2 Å². The molecule has 94 valence electrons. The Hall–Kier alpha value is -1.03. The van der Waals surface area contributed by atoms with E-state index in [-0.39, 0.29) is 6.61 Å². The lowest BCUT2D eigenvalue weighted by atomic mass is 10.1. The fourth-order valence-corrected chi connectivity index (χ4v) is 1.69. The molecule has 0 heterocycles. The van der Waals surface area contributed by atoms with Crippen LogP contribution in [0.4, 0.5) is 0 Å². The highest BCUT2D eigenvalue weighted by Crippen LogP contribution is 2.23. The maximum Gasteiger partial charge on any atom is 0.137 e. The third-order valence-corrected chi connectivity index (χ3v) is 2.53. The molecule has 0 aliphatic heterocycles. The molecule has 4 heteroatoms. The van der Waals surface area contributed by atoms with Gasteiger partial charge in [-0.15, -0.1) is 6.58 Å². The van der Waals surface area contributed by atoms with Gasteiger partial charge in [-0.05, 0) is 30.2 Å². The standard InChI is InChI=1S/C13H18ClNO2/c1-2-3-11-10-12(14)4-5-13(11)17-9-7-15-6-8-16/h2,4-5,10,15-16H,1,3,6-9H2/p+1. The summed E-state index contributed by atoms with van der Waals surface area (Å²) in [6, 6.07) is 5.60. The quantitative estimate of drug-likeness (QED) is 0.539. The predicted octanol–water partition coefficient (Wildman–Crippen LogP) is 1.00. The first-order chi connectivity index (χ1) is 8.27. The molecule has 0 radical (unpaired) electrons. The van der Waals surface area contributed by atoms with E-state index in [9.17, 15) is 0 Å². The van der Waals surface area contributed by atoms with Gasteiger partial charge in [0.15, 0.2) is 0 Å². The third-order valence-electron chi connectivity index (χ3n) is 2.30. The zero-order valence-electron chi connectivity index (χ0n) is 9.86. The number of rotatable bonds is 8. The first-order valence-corrected chi connectivity index (χ1v) is 6.10. The Labute approximate surface area is 107 Å². The van der Waals surface area contributed by atoms with E-state index in [1.54, 1.807) is 0 Å². The predicted molar refractivity (Wildman–Crippen MR) is 69.6 cm³/mol. The number of hydrogen-bond acceptors (Lipinski definition) is 2. The highest BCUT2D eigenvalue weighted by molar-refractivity contribution is 6.30. The van der Waals surface area contributed by atoms with Crippen LogP contribution in [-0.2, 0) is 6.42 Å². The van der Waals surface area contributed by atoms with Crippen molar-refractivity contribution in [2.24, 2.45) is 0 Å². The van der Waals surface area contributed by atoms with Gasteiger partial charge in [-0.3, -0.25) is 0 Å². The molecule has 1 aromatic carbocycles. The number of aliphatic hydroxyl groups is 1. The van der Waals surface area contributed by atoms with Crippen LogP contribution < -0.4 is 10.1 Å². The van der Waals surface area contributed by atoms with Gasteiger partial charge in [0.05, 0.1) is 13.2 Å². The molecule has 1 rings (SSSR count). The molecule has 0 spiro atoms. The second-order valence-corrected chi connectivity index (χ2v) is 4.12. The molecule has 0 fully saturated rings. The van der Waals surface area contributed by atoms with Crippen molar-refractivity contribution in [2.75, 3.05) is 26.3 Å². The largest absolute Gasteiger partial charge is 0.487 e. The number of ether oxygens (including phenoxy) is 1. The van der Waals surface area contributed by atoms with Crippen LogP contribution in [0.3, 0.4) is 0 Å². The lowest BCUT2D eigenvalue weighted by molar-refractivity contribution is -0.656. The Morgan fingerprint density at radius 3 is 2.94 bits per heavy atom. The maximum absolute atomic E-state index is 8.63. The Balaban J connectivity index is 2.48. The molecule has 3 N–H and O–H groups in total. The van der Waals surface area contributed by atoms with E-state index in [0.717, 1.165) is 24.3 Å². The van der Waals surface area contributed by atoms with Crippen LogP contribution in [0.1, 0.15) is 5.56 Å². The van der Waals surface area contributed by atoms with Gasteiger partial charge in [0, 0.05) is 5.02 Å². The van der Waals surface area contributed by atoms with E-state index in [4.69, 9.17) is 21.4 Å². The van der Waals surface area contributed by atoms with Crippen LogP contribution in [-0.4, -0.2) is 31.4 Å². The van der Waals surface area contributed by atoms with Crippen LogP contribution in [0.15, 0.2) is 30.9 Å². The molecule has 0 aromatic heterocycles. The Morgan fingerprint density at radius 1 is 1.41 bits per heavy atom. The van der Waals surface area contributed by atoms with Crippen LogP contribution in [0, 0.1) is 0 Å². The molecule has 0 amide bonds. The van der Waals surface area contributed by atoms with E-state index in [2.05, 4.69) is 6.58 Å². The summed E-state index contributed by atoms with van der Waals surface area (Å²) in [7, 11) is 0. The van der Waals surface area contributed by atoms with Gasteiger partial charge < -0.3 is 15.2 Å². The normalized spacial score (nSPS) is 10.2. The molecular formula is C13H19ClNO2+. The molecule has 3 nitrogen and oxygen atoms in total. The minimum absolute atomic E-state index is 0.197. The van der Waals surface area contributed by atoms with Gasteiger partial charge in [-0.25, -0.2) is 0 Å². The summed E-state index contributed by atoms with van der Waals surface area (Å²) in [5.74, 6) is 0.853. The van der Waals surface area contributed by atoms with E-state index in [1.807, 2.05) is 29.6 Å². The first kappa shape index (κ1) is 14.0. The van der Waals surface area contributed by atoms with Gasteiger partial charge in [-0.1, -0.05) is 17.7 Å². The third kappa shape index (κ3) is 5.22. The summed E-state index contributed by atoms with van der Waals surface area (Å²) < 4.78 is 5.67. The lowest BCUT2D eigenvalue weighted by Gasteiger charge is -2.10.